The molecule has 0 saturated carbocycles. The molecule has 0 aromatic heterocycles. The van der Waals surface area contributed by atoms with Gasteiger partial charge in [0.05, 0.1) is 10.6 Å². The summed E-state index contributed by atoms with van der Waals surface area (Å²) in [5, 5.41) is 0. The summed E-state index contributed by atoms with van der Waals surface area (Å²) in [5.41, 5.74) is 5.18. The van der Waals surface area contributed by atoms with Gasteiger partial charge in [-0.3, -0.25) is 0 Å². The normalized spacial score (nSPS) is 11.2. The van der Waals surface area contributed by atoms with E-state index in [1.54, 1.807) is 12.5 Å². The third-order valence-corrected chi connectivity index (χ3v) is 5.20. The molecule has 4 nitrogen and oxygen atoms in total. The summed E-state index contributed by atoms with van der Waals surface area (Å²) in [6.07, 6.45) is 3.43. The molecule has 17 heavy (non-hydrogen) atoms. The molecular formula is C9H11FN2O2S3. The van der Waals surface area contributed by atoms with Gasteiger partial charge in [0.1, 0.15) is 10.2 Å². The molecule has 94 valence electrons. The molecule has 1 rings (SSSR count). The monoisotopic (exact) mass is 294 g/mol. The molecule has 0 heterocycles. The molecule has 0 amide bonds. The largest absolute Gasteiger partial charge is 0.396 e. The summed E-state index contributed by atoms with van der Waals surface area (Å²) < 4.78 is 40.8. The maximum absolute atomic E-state index is 13.2. The Morgan fingerprint density at radius 3 is 2.41 bits per heavy atom. The molecule has 0 atom stereocenters. The van der Waals surface area contributed by atoms with Crippen molar-refractivity contribution >= 4 is 43.6 Å². The maximum atomic E-state index is 13.2. The van der Waals surface area contributed by atoms with Crippen LogP contribution in [0.2, 0.25) is 0 Å². The predicted octanol–water partition coefficient (Wildman–Crippen LogP) is 2.18. The minimum atomic E-state index is -3.87. The van der Waals surface area contributed by atoms with Crippen LogP contribution in [-0.4, -0.2) is 25.3 Å². The first-order valence-electron chi connectivity index (χ1n) is 4.38. The van der Waals surface area contributed by atoms with E-state index in [1.165, 1.54) is 35.7 Å². The minimum Gasteiger partial charge on any atom is -0.396 e. The molecule has 0 unspecified atom stereocenters. The molecule has 0 aliphatic heterocycles. The summed E-state index contributed by atoms with van der Waals surface area (Å²) in [5.74, 6) is -0.767. The summed E-state index contributed by atoms with van der Waals surface area (Å²) >= 11 is 2.43. The van der Waals surface area contributed by atoms with Gasteiger partial charge in [-0.05, 0) is 30.7 Å². The lowest BCUT2D eigenvalue weighted by atomic mass is 10.3. The van der Waals surface area contributed by atoms with Crippen LogP contribution in [0, 0.1) is 5.82 Å². The van der Waals surface area contributed by atoms with Gasteiger partial charge in [-0.2, -0.15) is 8.42 Å². The highest BCUT2D eigenvalue weighted by atomic mass is 32.2. The first kappa shape index (κ1) is 14.3. The molecule has 1 aromatic carbocycles. The Bertz CT molecular complexity index is 537. The number of nitrogens with zero attached hydrogens (tertiary/aromatic N) is 1. The lowest BCUT2D eigenvalue weighted by Crippen LogP contribution is -2.01. The Morgan fingerprint density at radius 2 is 1.94 bits per heavy atom. The van der Waals surface area contributed by atoms with Crippen LogP contribution in [0.5, 0.6) is 0 Å². The number of sulfonamides is 1. The number of thioether (sulfide) groups is 2. The second kappa shape index (κ2) is 5.74. The average Bonchev–Trinajstić information content (AvgIpc) is 2.29. The quantitative estimate of drug-likeness (QED) is 0.514. The summed E-state index contributed by atoms with van der Waals surface area (Å²) in [4.78, 5) is -0.204. The molecule has 1 aromatic rings. The van der Waals surface area contributed by atoms with Gasteiger partial charge < -0.3 is 5.73 Å². The van der Waals surface area contributed by atoms with Crippen molar-refractivity contribution in [3.63, 3.8) is 0 Å². The zero-order valence-electron chi connectivity index (χ0n) is 9.18. The van der Waals surface area contributed by atoms with Crippen molar-refractivity contribution in [1.82, 2.24) is 0 Å². The average molecular weight is 294 g/mol. The van der Waals surface area contributed by atoms with Crippen molar-refractivity contribution in [2.75, 3.05) is 18.2 Å². The standard InChI is InChI=1S/C9H11FN2O2S3/c1-15-9(16-2)12-17(13,14)6-3-4-8(11)7(10)5-6/h3-5H,11H2,1-2H3. The highest BCUT2D eigenvalue weighted by Crippen LogP contribution is 2.21. The number of anilines is 1. The highest BCUT2D eigenvalue weighted by molar-refractivity contribution is 8.38. The van der Waals surface area contributed by atoms with Crippen molar-refractivity contribution < 1.29 is 12.8 Å². The summed E-state index contributed by atoms with van der Waals surface area (Å²) in [6, 6.07) is 3.30. The number of nitrogen functional groups attached to an aromatic ring is 1. The Morgan fingerprint density at radius 1 is 1.35 bits per heavy atom. The van der Waals surface area contributed by atoms with Gasteiger partial charge in [-0.25, -0.2) is 4.39 Å². The van der Waals surface area contributed by atoms with Gasteiger partial charge in [-0.1, -0.05) is 0 Å². The van der Waals surface area contributed by atoms with Crippen LogP contribution < -0.4 is 5.73 Å². The van der Waals surface area contributed by atoms with Crippen LogP contribution in [0.4, 0.5) is 10.1 Å². The predicted molar refractivity (Wildman–Crippen MR) is 72.5 cm³/mol. The summed E-state index contributed by atoms with van der Waals surface area (Å²) in [6.45, 7) is 0. The van der Waals surface area contributed by atoms with E-state index in [1.807, 2.05) is 0 Å². The first-order chi connectivity index (χ1) is 7.90. The number of hydrogen-bond acceptors (Lipinski definition) is 5. The van der Waals surface area contributed by atoms with Crippen LogP contribution in [0.15, 0.2) is 27.5 Å². The lowest BCUT2D eigenvalue weighted by molar-refractivity contribution is 0.593. The van der Waals surface area contributed by atoms with E-state index in [4.69, 9.17) is 5.73 Å². The van der Waals surface area contributed by atoms with E-state index in [2.05, 4.69) is 4.40 Å². The Balaban J connectivity index is 3.22. The topological polar surface area (TPSA) is 72.5 Å². The zero-order valence-corrected chi connectivity index (χ0v) is 11.6. The van der Waals surface area contributed by atoms with Gasteiger partial charge in [-0.15, -0.1) is 27.9 Å². The number of benzene rings is 1. The molecule has 0 saturated heterocycles. The Kier molecular flexibility index (Phi) is 4.84. The van der Waals surface area contributed by atoms with E-state index in [9.17, 15) is 12.8 Å². The molecular weight excluding hydrogens is 283 g/mol. The second-order valence-corrected chi connectivity index (χ2v) is 6.38. The SMILES string of the molecule is CSC(=NS(=O)(=O)c1ccc(N)c(F)c1)SC. The zero-order chi connectivity index (χ0) is 13.1. The van der Waals surface area contributed by atoms with Crippen molar-refractivity contribution in [1.29, 1.82) is 0 Å². The molecule has 8 heteroatoms. The van der Waals surface area contributed by atoms with Gasteiger partial charge >= 0.3 is 0 Å². The summed E-state index contributed by atoms with van der Waals surface area (Å²) in [7, 11) is -3.87. The van der Waals surface area contributed by atoms with Crippen LogP contribution >= 0.6 is 23.5 Å². The first-order valence-corrected chi connectivity index (χ1v) is 8.27. The van der Waals surface area contributed by atoms with Crippen LogP contribution in [0.25, 0.3) is 0 Å². The van der Waals surface area contributed by atoms with Crippen molar-refractivity contribution in [2.24, 2.45) is 4.40 Å². The number of rotatable bonds is 2. The number of hydrogen-bond donors (Lipinski definition) is 1. The third kappa shape index (κ3) is 3.62. The van der Waals surface area contributed by atoms with E-state index in [-0.39, 0.29) is 10.6 Å². The fourth-order valence-electron chi connectivity index (χ4n) is 0.977. The number of nitrogens with two attached hydrogens (primary N) is 1. The van der Waals surface area contributed by atoms with E-state index < -0.39 is 15.8 Å². The van der Waals surface area contributed by atoms with Crippen molar-refractivity contribution in [3.05, 3.63) is 24.0 Å². The minimum absolute atomic E-state index is 0.0945. The number of halogens is 1. The van der Waals surface area contributed by atoms with Gasteiger partial charge in [0.2, 0.25) is 0 Å². The fraction of sp³-hybridized carbons (Fsp3) is 0.222. The molecule has 0 bridgehead atoms. The Hall–Kier alpha value is -0.730. The maximum Gasteiger partial charge on any atom is 0.283 e. The second-order valence-electron chi connectivity index (χ2n) is 2.92. The van der Waals surface area contributed by atoms with E-state index in [0.717, 1.165) is 6.07 Å². The smallest absolute Gasteiger partial charge is 0.283 e. The highest BCUT2D eigenvalue weighted by Gasteiger charge is 2.15. The van der Waals surface area contributed by atoms with E-state index in [0.29, 0.717) is 4.38 Å². The van der Waals surface area contributed by atoms with Crippen LogP contribution in [0.1, 0.15) is 0 Å². The van der Waals surface area contributed by atoms with Crippen LogP contribution in [-0.2, 0) is 10.0 Å². The molecule has 0 fully saturated rings. The molecule has 0 spiro atoms. The Labute approximate surface area is 108 Å². The molecule has 0 aliphatic carbocycles. The molecule has 0 aliphatic rings. The molecule has 0 radical (unpaired) electrons. The van der Waals surface area contributed by atoms with Gasteiger partial charge in [0.25, 0.3) is 10.0 Å². The van der Waals surface area contributed by atoms with Crippen molar-refractivity contribution in [3.8, 4) is 0 Å². The van der Waals surface area contributed by atoms with Gasteiger partial charge in [0, 0.05) is 0 Å². The third-order valence-electron chi connectivity index (χ3n) is 1.81. The van der Waals surface area contributed by atoms with Crippen LogP contribution in [0.3, 0.4) is 0 Å². The van der Waals surface area contributed by atoms with E-state index >= 15 is 0 Å². The molecule has 2 N–H and O–H groups in total. The van der Waals surface area contributed by atoms with Crippen molar-refractivity contribution in [2.45, 2.75) is 4.90 Å². The fourth-order valence-corrected chi connectivity index (χ4v) is 3.62. The van der Waals surface area contributed by atoms with Gasteiger partial charge in [0.15, 0.2) is 0 Å². The lowest BCUT2D eigenvalue weighted by Gasteiger charge is -2.02.